The van der Waals surface area contributed by atoms with Crippen LogP contribution in [-0.2, 0) is 13.5 Å². The summed E-state index contributed by atoms with van der Waals surface area (Å²) in [6.07, 6.45) is 3.91. The van der Waals surface area contributed by atoms with Crippen molar-refractivity contribution in [2.75, 3.05) is 18.4 Å². The van der Waals surface area contributed by atoms with Crippen molar-refractivity contribution >= 4 is 11.7 Å². The van der Waals surface area contributed by atoms with Gasteiger partial charge in [-0.3, -0.25) is 4.79 Å². The van der Waals surface area contributed by atoms with Crippen molar-refractivity contribution in [1.29, 1.82) is 0 Å². The van der Waals surface area contributed by atoms with Gasteiger partial charge < -0.3 is 15.2 Å². The average molecular weight is 274 g/mol. The Balaban J connectivity index is 1.88. The molecule has 0 saturated carbocycles. The molecule has 0 bridgehead atoms. The zero-order valence-corrected chi connectivity index (χ0v) is 11.6. The van der Waals surface area contributed by atoms with Gasteiger partial charge in [-0.15, -0.1) is 10.2 Å². The van der Waals surface area contributed by atoms with Crippen LogP contribution in [0.4, 0.5) is 5.82 Å². The zero-order chi connectivity index (χ0) is 14.4. The molecule has 0 aliphatic heterocycles. The summed E-state index contributed by atoms with van der Waals surface area (Å²) in [7, 11) is 1.88. The highest BCUT2D eigenvalue weighted by Gasteiger charge is 2.07. The maximum atomic E-state index is 12.0. The number of rotatable bonds is 6. The quantitative estimate of drug-likeness (QED) is 0.806. The molecule has 0 radical (unpaired) electrons. The van der Waals surface area contributed by atoms with Crippen LogP contribution in [0.3, 0.4) is 0 Å². The molecule has 0 fully saturated rings. The summed E-state index contributed by atoms with van der Waals surface area (Å²) in [5, 5.41) is 13.7. The lowest BCUT2D eigenvalue weighted by Gasteiger charge is -2.07. The molecule has 0 aromatic carbocycles. The van der Waals surface area contributed by atoms with Crippen LogP contribution in [0, 0.1) is 0 Å². The minimum atomic E-state index is -0.117. The first-order chi connectivity index (χ1) is 9.70. The molecule has 1 amide bonds. The van der Waals surface area contributed by atoms with Crippen LogP contribution in [0.25, 0.3) is 0 Å². The largest absolute Gasteiger partial charge is 0.370 e. The fourth-order valence-corrected chi connectivity index (χ4v) is 1.77. The Kier molecular flexibility index (Phi) is 4.65. The molecule has 20 heavy (non-hydrogen) atoms. The van der Waals surface area contributed by atoms with Gasteiger partial charge >= 0.3 is 0 Å². The Morgan fingerprint density at radius 2 is 2.30 bits per heavy atom. The van der Waals surface area contributed by atoms with Crippen molar-refractivity contribution < 1.29 is 4.79 Å². The number of anilines is 1. The van der Waals surface area contributed by atoms with E-state index >= 15 is 0 Å². The fraction of sp³-hybridized carbons (Fsp3) is 0.385. The van der Waals surface area contributed by atoms with Gasteiger partial charge in [0.25, 0.3) is 5.91 Å². The maximum absolute atomic E-state index is 12.0. The molecule has 2 aromatic heterocycles. The van der Waals surface area contributed by atoms with E-state index in [9.17, 15) is 4.79 Å². The van der Waals surface area contributed by atoms with E-state index in [1.54, 1.807) is 24.7 Å². The van der Waals surface area contributed by atoms with Crippen LogP contribution in [0.1, 0.15) is 23.1 Å². The van der Waals surface area contributed by atoms with E-state index in [1.165, 1.54) is 0 Å². The Hall–Kier alpha value is -2.44. The molecule has 0 atom stereocenters. The number of hydrogen-bond donors (Lipinski definition) is 2. The summed E-state index contributed by atoms with van der Waals surface area (Å²) < 4.78 is 1.84. The first-order valence-electron chi connectivity index (χ1n) is 6.51. The predicted octanol–water partition coefficient (Wildman–Crippen LogP) is 0.614. The van der Waals surface area contributed by atoms with Gasteiger partial charge in [-0.1, -0.05) is 0 Å². The van der Waals surface area contributed by atoms with E-state index in [0.717, 1.165) is 12.4 Å². The molecule has 2 heterocycles. The summed E-state index contributed by atoms with van der Waals surface area (Å²) in [6, 6.07) is 3.43. The van der Waals surface area contributed by atoms with Crippen LogP contribution in [0.15, 0.2) is 24.7 Å². The summed E-state index contributed by atoms with van der Waals surface area (Å²) in [5.41, 5.74) is 0.592. The molecule has 0 aliphatic carbocycles. The molecule has 7 heteroatoms. The third kappa shape index (κ3) is 3.53. The predicted molar refractivity (Wildman–Crippen MR) is 75.4 cm³/mol. The number of amides is 1. The molecule has 2 rings (SSSR count). The van der Waals surface area contributed by atoms with Gasteiger partial charge in [0.05, 0.1) is 0 Å². The van der Waals surface area contributed by atoms with Crippen LogP contribution in [0.2, 0.25) is 0 Å². The third-order valence-corrected chi connectivity index (χ3v) is 2.82. The van der Waals surface area contributed by atoms with Gasteiger partial charge in [-0.2, -0.15) is 0 Å². The van der Waals surface area contributed by atoms with Crippen molar-refractivity contribution in [1.82, 2.24) is 25.1 Å². The second-order valence-corrected chi connectivity index (χ2v) is 4.32. The van der Waals surface area contributed by atoms with Crippen LogP contribution in [0.5, 0.6) is 0 Å². The molecule has 0 aliphatic rings. The van der Waals surface area contributed by atoms with Gasteiger partial charge in [0.1, 0.15) is 18.0 Å². The first-order valence-corrected chi connectivity index (χ1v) is 6.51. The van der Waals surface area contributed by atoms with E-state index in [0.29, 0.717) is 24.3 Å². The number of pyridine rings is 1. The second kappa shape index (κ2) is 6.65. The molecule has 7 nitrogen and oxygen atoms in total. The van der Waals surface area contributed by atoms with Crippen LogP contribution >= 0.6 is 0 Å². The highest BCUT2D eigenvalue weighted by molar-refractivity contribution is 5.94. The molecule has 106 valence electrons. The summed E-state index contributed by atoms with van der Waals surface area (Å²) in [5.74, 6) is 1.43. The highest BCUT2D eigenvalue weighted by Crippen LogP contribution is 2.06. The van der Waals surface area contributed by atoms with E-state index < -0.39 is 0 Å². The van der Waals surface area contributed by atoms with Gasteiger partial charge in [0.15, 0.2) is 0 Å². The maximum Gasteiger partial charge on any atom is 0.251 e. The highest BCUT2D eigenvalue weighted by atomic mass is 16.1. The zero-order valence-electron chi connectivity index (χ0n) is 11.6. The van der Waals surface area contributed by atoms with Gasteiger partial charge in [0, 0.05) is 38.3 Å². The molecule has 0 unspecified atom stereocenters. The minimum absolute atomic E-state index is 0.117. The van der Waals surface area contributed by atoms with Crippen LogP contribution in [-0.4, -0.2) is 38.7 Å². The van der Waals surface area contributed by atoms with E-state index in [-0.39, 0.29) is 5.91 Å². The lowest BCUT2D eigenvalue weighted by molar-refractivity contribution is 0.0954. The number of aryl methyl sites for hydroxylation is 1. The smallest absolute Gasteiger partial charge is 0.251 e. The van der Waals surface area contributed by atoms with E-state index in [4.69, 9.17) is 0 Å². The third-order valence-electron chi connectivity index (χ3n) is 2.82. The number of hydrogen-bond acceptors (Lipinski definition) is 5. The Morgan fingerprint density at radius 1 is 1.45 bits per heavy atom. The lowest BCUT2D eigenvalue weighted by atomic mass is 10.2. The number of aromatic nitrogens is 4. The molecule has 0 spiro atoms. The molecular formula is C13H18N6O. The van der Waals surface area contributed by atoms with Crippen molar-refractivity contribution in [3.63, 3.8) is 0 Å². The summed E-state index contributed by atoms with van der Waals surface area (Å²) >= 11 is 0. The minimum Gasteiger partial charge on any atom is -0.370 e. The van der Waals surface area contributed by atoms with Crippen molar-refractivity contribution in [3.05, 3.63) is 36.0 Å². The average Bonchev–Trinajstić information content (AvgIpc) is 2.85. The fourth-order valence-electron chi connectivity index (χ4n) is 1.77. The number of carbonyl (C=O) groups excluding carboxylic acids is 1. The van der Waals surface area contributed by atoms with Gasteiger partial charge in [-0.25, -0.2) is 4.98 Å². The SMILES string of the molecule is CCNc1cc(C(=O)NCCc2nncn2C)ccn1. The molecule has 2 N–H and O–H groups in total. The number of carbonyl (C=O) groups is 1. The van der Waals surface area contributed by atoms with Crippen molar-refractivity contribution in [3.8, 4) is 0 Å². The van der Waals surface area contributed by atoms with Crippen LogP contribution < -0.4 is 10.6 Å². The van der Waals surface area contributed by atoms with Gasteiger partial charge in [0.2, 0.25) is 0 Å². The van der Waals surface area contributed by atoms with Gasteiger partial charge in [-0.05, 0) is 19.1 Å². The van der Waals surface area contributed by atoms with Crippen molar-refractivity contribution in [2.45, 2.75) is 13.3 Å². The standard InChI is InChI=1S/C13H18N6O/c1-3-14-11-8-10(4-6-15-11)13(20)16-7-5-12-18-17-9-19(12)2/h4,6,8-9H,3,5,7H2,1-2H3,(H,14,15)(H,16,20). The molecular weight excluding hydrogens is 256 g/mol. The van der Waals surface area contributed by atoms with E-state index in [2.05, 4.69) is 25.8 Å². The lowest BCUT2D eigenvalue weighted by Crippen LogP contribution is -2.26. The Morgan fingerprint density at radius 3 is 3.00 bits per heavy atom. The summed E-state index contributed by atoms with van der Waals surface area (Å²) in [4.78, 5) is 16.1. The Bertz CT molecular complexity index is 580. The number of nitrogens with one attached hydrogen (secondary N) is 2. The Labute approximate surface area is 117 Å². The molecule has 2 aromatic rings. The summed E-state index contributed by atoms with van der Waals surface area (Å²) in [6.45, 7) is 3.27. The topological polar surface area (TPSA) is 84.7 Å². The number of nitrogens with zero attached hydrogens (tertiary/aromatic N) is 4. The molecule has 0 saturated heterocycles. The normalized spacial score (nSPS) is 10.3. The van der Waals surface area contributed by atoms with E-state index in [1.807, 2.05) is 18.5 Å². The second-order valence-electron chi connectivity index (χ2n) is 4.32. The monoisotopic (exact) mass is 274 g/mol. The first kappa shape index (κ1) is 14.0. The van der Waals surface area contributed by atoms with Crippen molar-refractivity contribution in [2.24, 2.45) is 7.05 Å².